The largest absolute Gasteiger partial charge is 0.480 e. The molecular weight excluding hydrogens is 238 g/mol. The molecule has 4 N–H and O–H groups in total. The molecule has 0 aliphatic carbocycles. The Morgan fingerprint density at radius 1 is 1.33 bits per heavy atom. The summed E-state index contributed by atoms with van der Waals surface area (Å²) in [6, 6.07) is -1.54. The van der Waals surface area contributed by atoms with Crippen molar-refractivity contribution in [3.8, 4) is 0 Å². The lowest BCUT2D eigenvalue weighted by Gasteiger charge is -2.25. The van der Waals surface area contributed by atoms with Gasteiger partial charge < -0.3 is 21.1 Å². The number of hydrogen-bond donors (Lipinski definition) is 3. The summed E-state index contributed by atoms with van der Waals surface area (Å²) in [5.41, 5.74) is 5.05. The average molecular weight is 259 g/mol. The molecule has 7 heteroatoms. The summed E-state index contributed by atoms with van der Waals surface area (Å²) in [4.78, 5) is 34.7. The van der Waals surface area contributed by atoms with Crippen LogP contribution in [-0.2, 0) is 9.59 Å². The summed E-state index contributed by atoms with van der Waals surface area (Å²) in [6.45, 7) is 5.54. The molecule has 0 aromatic heterocycles. The van der Waals surface area contributed by atoms with E-state index < -0.39 is 23.9 Å². The fourth-order valence-electron chi connectivity index (χ4n) is 1.43. The number of nitrogens with one attached hydrogen (secondary N) is 1. The number of aliphatic carboxylic acids is 1. The highest BCUT2D eigenvalue weighted by molar-refractivity contribution is 5.86. The van der Waals surface area contributed by atoms with Crippen molar-refractivity contribution in [3.05, 3.63) is 0 Å². The lowest BCUT2D eigenvalue weighted by molar-refractivity contribution is -0.139. The van der Waals surface area contributed by atoms with Crippen LogP contribution in [0.1, 0.15) is 27.2 Å². The van der Waals surface area contributed by atoms with Gasteiger partial charge in [-0.25, -0.2) is 9.59 Å². The second kappa shape index (κ2) is 7.52. The van der Waals surface area contributed by atoms with Gasteiger partial charge in [0.25, 0.3) is 0 Å². The van der Waals surface area contributed by atoms with Crippen molar-refractivity contribution in [2.75, 3.05) is 13.1 Å². The van der Waals surface area contributed by atoms with Gasteiger partial charge in [0.05, 0.1) is 0 Å². The second-order valence-electron chi connectivity index (χ2n) is 4.49. The Morgan fingerprint density at radius 2 is 1.89 bits per heavy atom. The number of rotatable bonds is 7. The van der Waals surface area contributed by atoms with Crippen LogP contribution in [-0.4, -0.2) is 47.0 Å². The van der Waals surface area contributed by atoms with Gasteiger partial charge in [0.1, 0.15) is 12.6 Å². The summed E-state index contributed by atoms with van der Waals surface area (Å²) in [6.07, 6.45) is 0.271. The molecule has 0 rings (SSSR count). The maximum Gasteiger partial charge on any atom is 0.326 e. The minimum absolute atomic E-state index is 0.153. The van der Waals surface area contributed by atoms with E-state index in [4.69, 9.17) is 10.8 Å². The number of carbonyl (C=O) groups is 3. The van der Waals surface area contributed by atoms with E-state index in [0.717, 1.165) is 0 Å². The molecule has 104 valence electrons. The molecule has 0 bridgehead atoms. The SMILES string of the molecule is CCC(NC(=O)N(CC(N)=O)CC(C)C)C(=O)O. The lowest BCUT2D eigenvalue weighted by Crippen LogP contribution is -2.50. The van der Waals surface area contributed by atoms with Crippen molar-refractivity contribution >= 4 is 17.9 Å². The predicted molar refractivity (Wildman–Crippen MR) is 65.9 cm³/mol. The summed E-state index contributed by atoms with van der Waals surface area (Å²) >= 11 is 0. The lowest BCUT2D eigenvalue weighted by atomic mass is 10.2. The molecule has 0 fully saturated rings. The van der Waals surface area contributed by atoms with Crippen molar-refractivity contribution in [2.45, 2.75) is 33.2 Å². The average Bonchev–Trinajstić information content (AvgIpc) is 2.22. The summed E-state index contributed by atoms with van der Waals surface area (Å²) in [5.74, 6) is -1.58. The van der Waals surface area contributed by atoms with E-state index in [1.165, 1.54) is 4.90 Å². The van der Waals surface area contributed by atoms with Crippen LogP contribution >= 0.6 is 0 Å². The second-order valence-corrected chi connectivity index (χ2v) is 4.49. The van der Waals surface area contributed by atoms with Gasteiger partial charge >= 0.3 is 12.0 Å². The minimum Gasteiger partial charge on any atom is -0.480 e. The fraction of sp³-hybridized carbons (Fsp3) is 0.727. The van der Waals surface area contributed by atoms with E-state index >= 15 is 0 Å². The fourth-order valence-corrected chi connectivity index (χ4v) is 1.43. The van der Waals surface area contributed by atoms with Crippen LogP contribution < -0.4 is 11.1 Å². The highest BCUT2D eigenvalue weighted by Crippen LogP contribution is 2.01. The first-order chi connectivity index (χ1) is 8.27. The first-order valence-electron chi connectivity index (χ1n) is 5.84. The summed E-state index contributed by atoms with van der Waals surface area (Å²) in [7, 11) is 0. The Bertz CT molecular complexity index is 317. The Hall–Kier alpha value is -1.79. The Morgan fingerprint density at radius 3 is 2.22 bits per heavy atom. The molecule has 1 unspecified atom stereocenters. The summed E-state index contributed by atoms with van der Waals surface area (Å²) in [5, 5.41) is 11.2. The zero-order chi connectivity index (χ0) is 14.3. The van der Waals surface area contributed by atoms with E-state index in [-0.39, 0.29) is 18.9 Å². The molecule has 0 aromatic carbocycles. The first-order valence-corrected chi connectivity index (χ1v) is 5.84. The number of hydrogen-bond acceptors (Lipinski definition) is 3. The Labute approximate surface area is 106 Å². The van der Waals surface area contributed by atoms with Crippen LogP contribution in [0.4, 0.5) is 4.79 Å². The van der Waals surface area contributed by atoms with Crippen LogP contribution in [0.15, 0.2) is 0 Å². The Kier molecular flexibility index (Phi) is 6.77. The van der Waals surface area contributed by atoms with Gasteiger partial charge in [0, 0.05) is 6.54 Å². The molecule has 7 nitrogen and oxygen atoms in total. The molecule has 0 saturated carbocycles. The maximum atomic E-state index is 11.8. The first kappa shape index (κ1) is 16.2. The third-order valence-electron chi connectivity index (χ3n) is 2.22. The zero-order valence-electron chi connectivity index (χ0n) is 11.0. The van der Waals surface area contributed by atoms with E-state index in [1.54, 1.807) is 6.92 Å². The van der Waals surface area contributed by atoms with E-state index in [0.29, 0.717) is 6.54 Å². The molecular formula is C11H21N3O4. The van der Waals surface area contributed by atoms with Gasteiger partial charge in [0.2, 0.25) is 5.91 Å². The number of amides is 3. The molecule has 0 spiro atoms. The third kappa shape index (κ3) is 6.07. The molecule has 0 aliphatic heterocycles. The molecule has 0 heterocycles. The smallest absolute Gasteiger partial charge is 0.326 e. The van der Waals surface area contributed by atoms with Crippen LogP contribution in [0.2, 0.25) is 0 Å². The van der Waals surface area contributed by atoms with E-state index in [2.05, 4.69) is 5.32 Å². The number of carbonyl (C=O) groups excluding carboxylic acids is 2. The standard InChI is InChI=1S/C11H21N3O4/c1-4-8(10(16)17)13-11(18)14(5-7(2)3)6-9(12)15/h7-8H,4-6H2,1-3H3,(H2,12,15)(H,13,18)(H,16,17). The molecule has 0 saturated heterocycles. The van der Waals surface area contributed by atoms with Crippen molar-refractivity contribution in [2.24, 2.45) is 11.7 Å². The number of nitrogens with two attached hydrogens (primary N) is 1. The number of urea groups is 1. The van der Waals surface area contributed by atoms with Crippen LogP contribution in [0.3, 0.4) is 0 Å². The van der Waals surface area contributed by atoms with Gasteiger partial charge in [0.15, 0.2) is 0 Å². The van der Waals surface area contributed by atoms with Gasteiger partial charge in [-0.05, 0) is 12.3 Å². The normalized spacial score (nSPS) is 12.0. The molecule has 3 amide bonds. The zero-order valence-corrected chi connectivity index (χ0v) is 11.0. The van der Waals surface area contributed by atoms with Gasteiger partial charge in [-0.3, -0.25) is 4.79 Å². The molecule has 1 atom stereocenters. The number of carboxylic acid groups (broad SMARTS) is 1. The highest BCUT2D eigenvalue weighted by atomic mass is 16.4. The van der Waals surface area contributed by atoms with Crippen LogP contribution in [0, 0.1) is 5.92 Å². The molecule has 0 aromatic rings. The van der Waals surface area contributed by atoms with Crippen molar-refractivity contribution in [3.63, 3.8) is 0 Å². The number of primary amides is 1. The highest BCUT2D eigenvalue weighted by Gasteiger charge is 2.22. The maximum absolute atomic E-state index is 11.8. The molecule has 18 heavy (non-hydrogen) atoms. The van der Waals surface area contributed by atoms with E-state index in [1.807, 2.05) is 13.8 Å². The summed E-state index contributed by atoms with van der Waals surface area (Å²) < 4.78 is 0. The van der Waals surface area contributed by atoms with Crippen molar-refractivity contribution < 1.29 is 19.5 Å². The molecule has 0 aliphatic rings. The van der Waals surface area contributed by atoms with Gasteiger partial charge in [-0.2, -0.15) is 0 Å². The van der Waals surface area contributed by atoms with Gasteiger partial charge in [-0.1, -0.05) is 20.8 Å². The quantitative estimate of drug-likeness (QED) is 0.597. The van der Waals surface area contributed by atoms with Crippen molar-refractivity contribution in [1.29, 1.82) is 0 Å². The molecule has 0 radical (unpaired) electrons. The third-order valence-corrected chi connectivity index (χ3v) is 2.22. The number of carboxylic acids is 1. The van der Waals surface area contributed by atoms with Crippen LogP contribution in [0.25, 0.3) is 0 Å². The number of nitrogens with zero attached hydrogens (tertiary/aromatic N) is 1. The van der Waals surface area contributed by atoms with Crippen LogP contribution in [0.5, 0.6) is 0 Å². The Balaban J connectivity index is 4.63. The van der Waals surface area contributed by atoms with Gasteiger partial charge in [-0.15, -0.1) is 0 Å². The minimum atomic E-state index is -1.10. The topological polar surface area (TPSA) is 113 Å². The van der Waals surface area contributed by atoms with Crippen molar-refractivity contribution in [1.82, 2.24) is 10.2 Å². The van der Waals surface area contributed by atoms with E-state index in [9.17, 15) is 14.4 Å². The monoisotopic (exact) mass is 259 g/mol. The predicted octanol–water partition coefficient (Wildman–Crippen LogP) is 0.00250.